The predicted octanol–water partition coefficient (Wildman–Crippen LogP) is 4.41. The lowest BCUT2D eigenvalue weighted by Crippen LogP contribution is -2.38. The van der Waals surface area contributed by atoms with E-state index in [2.05, 4.69) is 29.2 Å². The van der Waals surface area contributed by atoms with E-state index in [-0.39, 0.29) is 5.91 Å². The van der Waals surface area contributed by atoms with E-state index in [1.54, 1.807) is 0 Å². The minimum absolute atomic E-state index is 0.148. The van der Waals surface area contributed by atoms with Gasteiger partial charge in [0.05, 0.1) is 10.7 Å². The molecule has 2 fully saturated rings. The van der Waals surface area contributed by atoms with Crippen LogP contribution in [0.2, 0.25) is 0 Å². The van der Waals surface area contributed by atoms with E-state index in [0.29, 0.717) is 18.2 Å². The molecule has 2 aliphatic rings. The summed E-state index contributed by atoms with van der Waals surface area (Å²) >= 11 is 1.51. The van der Waals surface area contributed by atoms with Crippen LogP contribution in [-0.4, -0.2) is 52.8 Å². The molecule has 4 rings (SSSR count). The van der Waals surface area contributed by atoms with Gasteiger partial charge >= 0.3 is 0 Å². The van der Waals surface area contributed by atoms with Crippen LogP contribution in [0.4, 0.5) is 0 Å². The summed E-state index contributed by atoms with van der Waals surface area (Å²) in [4.78, 5) is 34.2. The molecule has 0 bridgehead atoms. The number of hydrogen-bond acceptors (Lipinski definition) is 4. The van der Waals surface area contributed by atoms with E-state index in [4.69, 9.17) is 0 Å². The van der Waals surface area contributed by atoms with Crippen LogP contribution < -0.4 is 0 Å². The molecule has 2 amide bonds. The number of amides is 2. The number of hydrogen-bond donors (Lipinski definition) is 0. The molecule has 0 radical (unpaired) electrons. The van der Waals surface area contributed by atoms with Crippen LogP contribution in [0.3, 0.4) is 0 Å². The first-order chi connectivity index (χ1) is 15.0. The van der Waals surface area contributed by atoms with Gasteiger partial charge in [0.25, 0.3) is 5.91 Å². The van der Waals surface area contributed by atoms with Gasteiger partial charge in [-0.15, -0.1) is 11.3 Å². The standard InChI is InChI=1S/C25H33N3O2S/c1-18-24(31-19(2)26-18)25(30)28-15-11-22(12-16-28)17-21-7-5-20(6-8-21)9-10-23(29)27-13-3-4-14-27/h5-8,22H,3-4,9-17H2,1-2H3. The summed E-state index contributed by atoms with van der Waals surface area (Å²) in [7, 11) is 0. The summed E-state index contributed by atoms with van der Waals surface area (Å²) in [6.45, 7) is 7.41. The first-order valence-corrected chi connectivity index (χ1v) is 12.4. The lowest BCUT2D eigenvalue weighted by Gasteiger charge is -2.32. The molecule has 5 nitrogen and oxygen atoms in total. The molecule has 31 heavy (non-hydrogen) atoms. The van der Waals surface area contributed by atoms with Gasteiger partial charge in [-0.25, -0.2) is 4.98 Å². The van der Waals surface area contributed by atoms with Crippen LogP contribution in [0.25, 0.3) is 0 Å². The minimum Gasteiger partial charge on any atom is -0.343 e. The number of carbonyl (C=O) groups excluding carboxylic acids is 2. The van der Waals surface area contributed by atoms with Gasteiger partial charge in [0, 0.05) is 32.6 Å². The van der Waals surface area contributed by atoms with E-state index < -0.39 is 0 Å². The predicted molar refractivity (Wildman–Crippen MR) is 124 cm³/mol. The summed E-state index contributed by atoms with van der Waals surface area (Å²) in [5, 5.41) is 0.958. The number of rotatable bonds is 6. The highest BCUT2D eigenvalue weighted by Crippen LogP contribution is 2.26. The Labute approximate surface area is 189 Å². The normalized spacial score (nSPS) is 17.4. The van der Waals surface area contributed by atoms with Crippen LogP contribution in [0.5, 0.6) is 0 Å². The number of nitrogens with zero attached hydrogens (tertiary/aromatic N) is 3. The molecular weight excluding hydrogens is 406 g/mol. The molecule has 1 aromatic carbocycles. The van der Waals surface area contributed by atoms with Gasteiger partial charge in [0.2, 0.25) is 5.91 Å². The molecule has 2 saturated heterocycles. The number of aryl methyl sites for hydroxylation is 3. The van der Waals surface area contributed by atoms with Crippen LogP contribution in [0.1, 0.15) is 63.6 Å². The van der Waals surface area contributed by atoms with Gasteiger partial charge in [0.15, 0.2) is 0 Å². The van der Waals surface area contributed by atoms with Gasteiger partial charge < -0.3 is 9.80 Å². The van der Waals surface area contributed by atoms with Gasteiger partial charge in [-0.05, 0) is 69.4 Å². The Morgan fingerprint density at radius 2 is 1.61 bits per heavy atom. The number of aromatic nitrogens is 1. The van der Waals surface area contributed by atoms with Crippen molar-refractivity contribution in [2.24, 2.45) is 5.92 Å². The average molecular weight is 440 g/mol. The number of benzene rings is 1. The number of carbonyl (C=O) groups is 2. The SMILES string of the molecule is Cc1nc(C)c(C(=O)N2CCC(Cc3ccc(CCC(=O)N4CCCC4)cc3)CC2)s1. The molecule has 0 spiro atoms. The number of piperidine rings is 1. The maximum atomic E-state index is 12.8. The third-order valence-electron chi connectivity index (χ3n) is 6.63. The van der Waals surface area contributed by atoms with Crippen molar-refractivity contribution in [3.8, 4) is 0 Å². The molecule has 0 aliphatic carbocycles. The molecule has 0 atom stereocenters. The van der Waals surface area contributed by atoms with E-state index in [9.17, 15) is 9.59 Å². The lowest BCUT2D eigenvalue weighted by molar-refractivity contribution is -0.130. The van der Waals surface area contributed by atoms with Crippen molar-refractivity contribution in [1.82, 2.24) is 14.8 Å². The Morgan fingerprint density at radius 1 is 0.968 bits per heavy atom. The Balaban J connectivity index is 1.22. The third kappa shape index (κ3) is 5.53. The van der Waals surface area contributed by atoms with Crippen LogP contribution in [0.15, 0.2) is 24.3 Å². The van der Waals surface area contributed by atoms with Gasteiger partial charge in [-0.3, -0.25) is 9.59 Å². The van der Waals surface area contributed by atoms with Crippen molar-refractivity contribution < 1.29 is 9.59 Å². The maximum Gasteiger partial charge on any atom is 0.265 e. The topological polar surface area (TPSA) is 53.5 Å². The third-order valence-corrected chi connectivity index (χ3v) is 7.69. The summed E-state index contributed by atoms with van der Waals surface area (Å²) in [5.74, 6) is 1.07. The summed E-state index contributed by atoms with van der Waals surface area (Å²) in [5.41, 5.74) is 3.46. The molecule has 6 heteroatoms. The number of likely N-dealkylation sites (tertiary alicyclic amines) is 2. The van der Waals surface area contributed by atoms with Crippen LogP contribution in [-0.2, 0) is 17.6 Å². The Morgan fingerprint density at radius 3 is 2.23 bits per heavy atom. The molecule has 0 saturated carbocycles. The zero-order valence-electron chi connectivity index (χ0n) is 18.7. The van der Waals surface area contributed by atoms with E-state index in [1.165, 1.54) is 22.5 Å². The smallest absolute Gasteiger partial charge is 0.265 e. The molecule has 0 unspecified atom stereocenters. The first-order valence-electron chi connectivity index (χ1n) is 11.6. The minimum atomic E-state index is 0.148. The fourth-order valence-electron chi connectivity index (χ4n) is 4.76. The van der Waals surface area contributed by atoms with Crippen LogP contribution >= 0.6 is 11.3 Å². The zero-order chi connectivity index (χ0) is 21.8. The average Bonchev–Trinajstić information content (AvgIpc) is 3.43. The quantitative estimate of drug-likeness (QED) is 0.670. The first kappa shape index (κ1) is 22.0. The Hall–Kier alpha value is -2.21. The van der Waals surface area contributed by atoms with Crippen molar-refractivity contribution in [2.75, 3.05) is 26.2 Å². The van der Waals surface area contributed by atoms with Crippen molar-refractivity contribution in [3.63, 3.8) is 0 Å². The van der Waals surface area contributed by atoms with E-state index in [0.717, 1.165) is 80.3 Å². The highest BCUT2D eigenvalue weighted by molar-refractivity contribution is 7.13. The molecule has 2 aromatic rings. The lowest BCUT2D eigenvalue weighted by atomic mass is 9.89. The van der Waals surface area contributed by atoms with Crippen molar-refractivity contribution >= 4 is 23.2 Å². The summed E-state index contributed by atoms with van der Waals surface area (Å²) in [6.07, 6.45) is 6.91. The van der Waals surface area contributed by atoms with Gasteiger partial charge in [-0.1, -0.05) is 24.3 Å². The van der Waals surface area contributed by atoms with Crippen LogP contribution in [0, 0.1) is 19.8 Å². The molecule has 3 heterocycles. The Bertz CT molecular complexity index is 907. The molecule has 0 N–H and O–H groups in total. The van der Waals surface area contributed by atoms with Crippen molar-refractivity contribution in [1.29, 1.82) is 0 Å². The van der Waals surface area contributed by atoms with Gasteiger partial charge in [-0.2, -0.15) is 0 Å². The largest absolute Gasteiger partial charge is 0.343 e. The monoisotopic (exact) mass is 439 g/mol. The van der Waals surface area contributed by atoms with Crippen molar-refractivity contribution in [3.05, 3.63) is 51.0 Å². The summed E-state index contributed by atoms with van der Waals surface area (Å²) in [6, 6.07) is 8.80. The second-order valence-electron chi connectivity index (χ2n) is 8.99. The Kier molecular flexibility index (Phi) is 7.06. The second-order valence-corrected chi connectivity index (χ2v) is 10.2. The van der Waals surface area contributed by atoms with E-state index >= 15 is 0 Å². The zero-order valence-corrected chi connectivity index (χ0v) is 19.5. The summed E-state index contributed by atoms with van der Waals surface area (Å²) < 4.78 is 0. The van der Waals surface area contributed by atoms with Gasteiger partial charge in [0.1, 0.15) is 4.88 Å². The second kappa shape index (κ2) is 9.94. The number of thiazole rings is 1. The fourth-order valence-corrected chi connectivity index (χ4v) is 5.65. The highest BCUT2D eigenvalue weighted by atomic mass is 32.1. The fraction of sp³-hybridized carbons (Fsp3) is 0.560. The van der Waals surface area contributed by atoms with Crippen molar-refractivity contribution in [2.45, 2.75) is 58.8 Å². The highest BCUT2D eigenvalue weighted by Gasteiger charge is 2.26. The molecule has 1 aromatic heterocycles. The molecule has 2 aliphatic heterocycles. The maximum absolute atomic E-state index is 12.8. The molecule has 166 valence electrons. The van der Waals surface area contributed by atoms with E-state index in [1.807, 2.05) is 23.6 Å². The molecular formula is C25H33N3O2S.